The van der Waals surface area contributed by atoms with E-state index in [1.807, 2.05) is 6.92 Å². The number of nitrogens with zero attached hydrogens (tertiary/aromatic N) is 3. The van der Waals surface area contributed by atoms with E-state index in [9.17, 15) is 8.42 Å². The number of rotatable bonds is 5. The number of hydrogen-bond acceptors (Lipinski definition) is 4. The molecule has 1 aliphatic rings. The van der Waals surface area contributed by atoms with Crippen LogP contribution in [0, 0.1) is 5.92 Å². The minimum Gasteiger partial charge on any atom is -0.336 e. The molecule has 0 spiro atoms. The molecule has 0 radical (unpaired) electrons. The fraction of sp³-hybridized carbons (Fsp3) is 0.750. The number of nitrogens with two attached hydrogens (primary N) is 1. The molecule has 0 aliphatic carbocycles. The molecule has 2 rings (SSSR count). The first-order valence-electron chi connectivity index (χ1n) is 6.80. The van der Waals surface area contributed by atoms with Crippen LogP contribution in [0.2, 0.25) is 0 Å². The van der Waals surface area contributed by atoms with Gasteiger partial charge in [-0.3, -0.25) is 0 Å². The second-order valence-corrected chi connectivity index (χ2v) is 6.88. The second-order valence-electron chi connectivity index (χ2n) is 4.99. The van der Waals surface area contributed by atoms with Gasteiger partial charge in [0.05, 0.1) is 6.33 Å². The first-order valence-corrected chi connectivity index (χ1v) is 8.24. The highest BCUT2D eigenvalue weighted by molar-refractivity contribution is 7.89. The molecular formula is C12H22N4O2S. The van der Waals surface area contributed by atoms with Crippen molar-refractivity contribution in [3.05, 3.63) is 12.5 Å². The van der Waals surface area contributed by atoms with Crippen molar-refractivity contribution in [2.45, 2.75) is 37.8 Å². The van der Waals surface area contributed by atoms with Gasteiger partial charge in [0.1, 0.15) is 0 Å². The number of sulfonamides is 1. The summed E-state index contributed by atoms with van der Waals surface area (Å²) < 4.78 is 28.3. The lowest BCUT2D eigenvalue weighted by atomic mass is 9.96. The number of piperidine rings is 1. The molecule has 6 nitrogen and oxygen atoms in total. The maximum Gasteiger partial charge on any atom is 0.262 e. The second kappa shape index (κ2) is 6.02. The molecule has 2 heterocycles. The van der Waals surface area contributed by atoms with Gasteiger partial charge in [-0.1, -0.05) is 0 Å². The van der Waals surface area contributed by atoms with E-state index in [-0.39, 0.29) is 5.03 Å². The molecule has 108 valence electrons. The van der Waals surface area contributed by atoms with Gasteiger partial charge in [-0.2, -0.15) is 4.31 Å². The molecule has 2 N–H and O–H groups in total. The van der Waals surface area contributed by atoms with Crippen LogP contribution in [-0.4, -0.2) is 41.9 Å². The Bertz CT molecular complexity index is 510. The minimum atomic E-state index is -3.44. The molecule has 0 bridgehead atoms. The highest BCUT2D eigenvalue weighted by atomic mass is 32.2. The molecule has 1 atom stereocenters. The molecule has 1 unspecified atom stereocenters. The van der Waals surface area contributed by atoms with Gasteiger partial charge >= 0.3 is 0 Å². The van der Waals surface area contributed by atoms with Crippen molar-refractivity contribution in [2.75, 3.05) is 19.6 Å². The van der Waals surface area contributed by atoms with E-state index >= 15 is 0 Å². The van der Waals surface area contributed by atoms with Crippen LogP contribution in [0.5, 0.6) is 0 Å². The Hall–Kier alpha value is -0.920. The zero-order valence-corrected chi connectivity index (χ0v) is 12.1. The summed E-state index contributed by atoms with van der Waals surface area (Å²) in [6, 6.07) is 0. The molecule has 0 amide bonds. The van der Waals surface area contributed by atoms with Crippen molar-refractivity contribution in [3.63, 3.8) is 0 Å². The van der Waals surface area contributed by atoms with Crippen LogP contribution in [0.3, 0.4) is 0 Å². The average Bonchev–Trinajstić information content (AvgIpc) is 2.89. The predicted octanol–water partition coefficient (Wildman–Crippen LogP) is 0.653. The molecule has 0 aromatic carbocycles. The Morgan fingerprint density at radius 1 is 1.53 bits per heavy atom. The lowest BCUT2D eigenvalue weighted by Gasteiger charge is -2.31. The van der Waals surface area contributed by atoms with Crippen LogP contribution in [0.25, 0.3) is 0 Å². The van der Waals surface area contributed by atoms with Gasteiger partial charge in [0.15, 0.2) is 5.03 Å². The van der Waals surface area contributed by atoms with Crippen molar-refractivity contribution in [1.29, 1.82) is 0 Å². The third-order valence-corrected chi connectivity index (χ3v) is 5.39. The average molecular weight is 286 g/mol. The summed E-state index contributed by atoms with van der Waals surface area (Å²) in [6.45, 7) is 4.44. The highest BCUT2D eigenvalue weighted by Gasteiger charge is 2.31. The molecule has 0 saturated carbocycles. The standard InChI is InChI=1S/C12H22N4O2S/c1-2-15-9-12(14-10-15)19(17,18)16-7-3-4-11(8-16)5-6-13/h9-11H,2-8,13H2,1H3. The molecule has 1 aromatic rings. The molecule has 1 saturated heterocycles. The quantitative estimate of drug-likeness (QED) is 0.862. The van der Waals surface area contributed by atoms with Gasteiger partial charge in [-0.25, -0.2) is 13.4 Å². The summed E-state index contributed by atoms with van der Waals surface area (Å²) in [5.41, 5.74) is 5.56. The largest absolute Gasteiger partial charge is 0.336 e. The molecule has 1 fully saturated rings. The summed E-state index contributed by atoms with van der Waals surface area (Å²) in [7, 11) is -3.44. The first kappa shape index (κ1) is 14.5. The van der Waals surface area contributed by atoms with Crippen LogP contribution < -0.4 is 5.73 Å². The van der Waals surface area contributed by atoms with Crippen molar-refractivity contribution in [2.24, 2.45) is 11.7 Å². The van der Waals surface area contributed by atoms with Crippen LogP contribution in [0.4, 0.5) is 0 Å². The van der Waals surface area contributed by atoms with E-state index in [0.717, 1.165) is 25.8 Å². The summed E-state index contributed by atoms with van der Waals surface area (Å²) in [5, 5.41) is 0.155. The Morgan fingerprint density at radius 2 is 2.32 bits per heavy atom. The zero-order chi connectivity index (χ0) is 13.9. The topological polar surface area (TPSA) is 81.2 Å². The van der Waals surface area contributed by atoms with Gasteiger partial charge < -0.3 is 10.3 Å². The zero-order valence-electron chi connectivity index (χ0n) is 11.3. The highest BCUT2D eigenvalue weighted by Crippen LogP contribution is 2.24. The van der Waals surface area contributed by atoms with E-state index in [1.165, 1.54) is 0 Å². The normalized spacial score (nSPS) is 21.7. The van der Waals surface area contributed by atoms with Gasteiger partial charge in [0.2, 0.25) is 0 Å². The monoisotopic (exact) mass is 286 g/mol. The van der Waals surface area contributed by atoms with Gasteiger partial charge in [-0.05, 0) is 38.6 Å². The third kappa shape index (κ3) is 3.16. The lowest BCUT2D eigenvalue weighted by Crippen LogP contribution is -2.40. The molecule has 19 heavy (non-hydrogen) atoms. The predicted molar refractivity (Wildman–Crippen MR) is 73.1 cm³/mol. The molecule has 7 heteroatoms. The van der Waals surface area contributed by atoms with E-state index in [4.69, 9.17) is 5.73 Å². The lowest BCUT2D eigenvalue weighted by molar-refractivity contribution is 0.257. The number of aryl methyl sites for hydroxylation is 1. The molecular weight excluding hydrogens is 264 g/mol. The first-order chi connectivity index (χ1) is 9.07. The fourth-order valence-corrected chi connectivity index (χ4v) is 3.98. The van der Waals surface area contributed by atoms with E-state index in [1.54, 1.807) is 21.4 Å². The van der Waals surface area contributed by atoms with Gasteiger partial charge in [0, 0.05) is 25.8 Å². The van der Waals surface area contributed by atoms with Crippen LogP contribution >= 0.6 is 0 Å². The summed E-state index contributed by atoms with van der Waals surface area (Å²) in [6.07, 6.45) is 6.01. The van der Waals surface area contributed by atoms with E-state index in [2.05, 4.69) is 4.98 Å². The van der Waals surface area contributed by atoms with Crippen molar-refractivity contribution in [1.82, 2.24) is 13.9 Å². The maximum absolute atomic E-state index is 12.5. The van der Waals surface area contributed by atoms with E-state index < -0.39 is 10.0 Å². The van der Waals surface area contributed by atoms with Crippen LogP contribution in [-0.2, 0) is 16.6 Å². The Labute approximate surface area is 114 Å². The number of hydrogen-bond donors (Lipinski definition) is 1. The molecule has 1 aliphatic heterocycles. The maximum atomic E-state index is 12.5. The van der Waals surface area contributed by atoms with E-state index in [0.29, 0.717) is 25.6 Å². The van der Waals surface area contributed by atoms with Crippen molar-refractivity contribution in [3.8, 4) is 0 Å². The third-order valence-electron chi connectivity index (χ3n) is 3.64. The molecule has 1 aromatic heterocycles. The summed E-state index contributed by atoms with van der Waals surface area (Å²) >= 11 is 0. The SMILES string of the molecule is CCn1cnc(S(=O)(=O)N2CCCC(CCN)C2)c1. The smallest absolute Gasteiger partial charge is 0.262 e. The van der Waals surface area contributed by atoms with Crippen molar-refractivity contribution < 1.29 is 8.42 Å². The number of aromatic nitrogens is 2. The minimum absolute atomic E-state index is 0.155. The van der Waals surface area contributed by atoms with Gasteiger partial charge in [-0.15, -0.1) is 0 Å². The fourth-order valence-electron chi connectivity index (χ4n) is 2.49. The van der Waals surface area contributed by atoms with Gasteiger partial charge in [0.25, 0.3) is 10.0 Å². The Balaban J connectivity index is 2.14. The van der Waals surface area contributed by atoms with Crippen LogP contribution in [0.1, 0.15) is 26.2 Å². The summed E-state index contributed by atoms with van der Waals surface area (Å²) in [4.78, 5) is 4.01. The number of imidazole rings is 1. The summed E-state index contributed by atoms with van der Waals surface area (Å²) in [5.74, 6) is 0.377. The Kier molecular flexibility index (Phi) is 4.59. The van der Waals surface area contributed by atoms with Crippen LogP contribution in [0.15, 0.2) is 17.6 Å². The van der Waals surface area contributed by atoms with Crippen molar-refractivity contribution >= 4 is 10.0 Å². The Morgan fingerprint density at radius 3 is 2.95 bits per heavy atom.